The fraction of sp³-hybridized carbons (Fsp3) is 0.333. The summed E-state index contributed by atoms with van der Waals surface area (Å²) in [7, 11) is -3.11. The molecule has 0 aromatic heterocycles. The number of hydrogen-bond acceptors (Lipinski definition) is 4. The van der Waals surface area contributed by atoms with Crippen molar-refractivity contribution in [2.45, 2.75) is 12.5 Å². The second kappa shape index (κ2) is 3.65. The lowest BCUT2D eigenvalue weighted by molar-refractivity contribution is 0.0601. The lowest BCUT2D eigenvalue weighted by atomic mass is 10.1. The second-order valence-electron chi connectivity index (χ2n) is 4.58. The van der Waals surface area contributed by atoms with E-state index in [0.29, 0.717) is 17.5 Å². The first-order valence-corrected chi connectivity index (χ1v) is 7.49. The van der Waals surface area contributed by atoms with Crippen LogP contribution in [0.15, 0.2) is 24.3 Å². The Morgan fingerprint density at radius 1 is 1.06 bits per heavy atom. The van der Waals surface area contributed by atoms with Gasteiger partial charge in [0.2, 0.25) is 0 Å². The van der Waals surface area contributed by atoms with Gasteiger partial charge >= 0.3 is 0 Å². The van der Waals surface area contributed by atoms with Crippen molar-refractivity contribution < 1.29 is 18.0 Å². The molecule has 3 rings (SSSR count). The van der Waals surface area contributed by atoms with Gasteiger partial charge in [-0.2, -0.15) is 0 Å². The summed E-state index contributed by atoms with van der Waals surface area (Å²) in [5, 5.41) is 0. The Morgan fingerprint density at radius 3 is 2.06 bits per heavy atom. The largest absolute Gasteiger partial charge is 0.270 e. The number of sulfone groups is 1. The Kier molecular flexibility index (Phi) is 2.31. The number of amides is 2. The zero-order valence-corrected chi connectivity index (χ0v) is 10.3. The molecule has 1 saturated heterocycles. The molecule has 0 unspecified atom stereocenters. The minimum absolute atomic E-state index is 0.0467. The van der Waals surface area contributed by atoms with Crippen LogP contribution in [0.5, 0.6) is 0 Å². The first kappa shape index (κ1) is 11.4. The van der Waals surface area contributed by atoms with Crippen LogP contribution in [0.1, 0.15) is 27.1 Å². The van der Waals surface area contributed by atoms with Crippen LogP contribution in [0.3, 0.4) is 0 Å². The van der Waals surface area contributed by atoms with Gasteiger partial charge in [0, 0.05) is 0 Å². The Bertz CT molecular complexity index is 615. The van der Waals surface area contributed by atoms with Crippen molar-refractivity contribution in [3.05, 3.63) is 35.4 Å². The zero-order chi connectivity index (χ0) is 12.9. The average molecular weight is 265 g/mol. The fourth-order valence-electron chi connectivity index (χ4n) is 2.52. The van der Waals surface area contributed by atoms with Crippen LogP contribution in [-0.4, -0.2) is 42.7 Å². The normalized spacial score (nSPS) is 25.6. The van der Waals surface area contributed by atoms with Crippen molar-refractivity contribution in [3.8, 4) is 0 Å². The molecule has 94 valence electrons. The minimum atomic E-state index is -3.11. The average Bonchev–Trinajstić information content (AvgIpc) is 2.80. The van der Waals surface area contributed by atoms with Crippen LogP contribution < -0.4 is 0 Å². The molecule has 2 aliphatic rings. The van der Waals surface area contributed by atoms with Crippen molar-refractivity contribution >= 4 is 21.7 Å². The predicted octanol–water partition coefficient (Wildman–Crippen LogP) is 0.470. The Morgan fingerprint density at radius 2 is 1.61 bits per heavy atom. The van der Waals surface area contributed by atoms with E-state index in [1.807, 2.05) is 0 Å². The third kappa shape index (κ3) is 1.56. The Hall–Kier alpha value is -1.69. The number of carbonyl (C=O) groups excluding carboxylic acids is 2. The van der Waals surface area contributed by atoms with Crippen molar-refractivity contribution in [1.29, 1.82) is 0 Å². The summed E-state index contributed by atoms with van der Waals surface area (Å²) in [6.07, 6.45) is 0.341. The van der Waals surface area contributed by atoms with Crippen LogP contribution in [0.4, 0.5) is 0 Å². The van der Waals surface area contributed by atoms with Gasteiger partial charge in [0.25, 0.3) is 11.8 Å². The molecular weight excluding hydrogens is 254 g/mol. The summed E-state index contributed by atoms with van der Waals surface area (Å²) in [5.41, 5.74) is 0.735. The highest BCUT2D eigenvalue weighted by molar-refractivity contribution is 7.91. The van der Waals surface area contributed by atoms with Gasteiger partial charge in [-0.1, -0.05) is 12.1 Å². The van der Waals surface area contributed by atoms with E-state index in [9.17, 15) is 18.0 Å². The van der Waals surface area contributed by atoms with Crippen LogP contribution in [-0.2, 0) is 9.84 Å². The number of carbonyl (C=O) groups is 2. The van der Waals surface area contributed by atoms with Gasteiger partial charge in [0.1, 0.15) is 0 Å². The molecule has 1 fully saturated rings. The molecule has 0 radical (unpaired) electrons. The SMILES string of the molecule is O=C1c2ccccc2C(=O)N1[C@@H]1CCS(=O)(=O)C1. The van der Waals surface area contributed by atoms with E-state index >= 15 is 0 Å². The maximum absolute atomic E-state index is 12.1. The number of fused-ring (bicyclic) bond motifs is 1. The van der Waals surface area contributed by atoms with Crippen LogP contribution in [0, 0.1) is 0 Å². The van der Waals surface area contributed by atoms with E-state index < -0.39 is 15.9 Å². The summed E-state index contributed by atoms with van der Waals surface area (Å²) in [6.45, 7) is 0. The van der Waals surface area contributed by atoms with Gasteiger partial charge in [0.15, 0.2) is 9.84 Å². The van der Waals surface area contributed by atoms with Crippen LogP contribution in [0.25, 0.3) is 0 Å². The molecule has 0 N–H and O–H groups in total. The number of hydrogen-bond donors (Lipinski definition) is 0. The van der Waals surface area contributed by atoms with Gasteiger partial charge < -0.3 is 0 Å². The maximum Gasteiger partial charge on any atom is 0.261 e. The third-order valence-corrected chi connectivity index (χ3v) is 5.15. The number of benzene rings is 1. The summed E-state index contributed by atoms with van der Waals surface area (Å²) < 4.78 is 22.9. The highest BCUT2D eigenvalue weighted by Gasteiger charge is 2.43. The molecule has 0 aliphatic carbocycles. The smallest absolute Gasteiger partial charge is 0.261 e. The van der Waals surface area contributed by atoms with E-state index in [2.05, 4.69) is 0 Å². The first-order valence-electron chi connectivity index (χ1n) is 5.67. The zero-order valence-electron chi connectivity index (χ0n) is 9.50. The highest BCUT2D eigenvalue weighted by atomic mass is 32.2. The quantitative estimate of drug-likeness (QED) is 0.692. The predicted molar refractivity (Wildman–Crippen MR) is 64.0 cm³/mol. The summed E-state index contributed by atoms with van der Waals surface area (Å²) >= 11 is 0. The minimum Gasteiger partial charge on any atom is -0.270 e. The maximum atomic E-state index is 12.1. The molecule has 18 heavy (non-hydrogen) atoms. The fourth-order valence-corrected chi connectivity index (χ4v) is 4.22. The number of nitrogens with zero attached hydrogens (tertiary/aromatic N) is 1. The Labute approximate surface area is 104 Å². The van der Waals surface area contributed by atoms with Gasteiger partial charge in [-0.15, -0.1) is 0 Å². The molecule has 2 heterocycles. The lowest BCUT2D eigenvalue weighted by Crippen LogP contribution is -2.40. The van der Waals surface area contributed by atoms with Gasteiger partial charge in [-0.25, -0.2) is 8.42 Å². The molecule has 2 aliphatic heterocycles. The summed E-state index contributed by atoms with van der Waals surface area (Å²) in [5.74, 6) is -0.820. The number of imide groups is 1. The molecule has 6 heteroatoms. The van der Waals surface area contributed by atoms with E-state index in [0.717, 1.165) is 4.90 Å². The lowest BCUT2D eigenvalue weighted by Gasteiger charge is -2.20. The Balaban J connectivity index is 1.98. The van der Waals surface area contributed by atoms with Crippen molar-refractivity contribution in [2.24, 2.45) is 0 Å². The number of rotatable bonds is 1. The molecular formula is C12H11NO4S. The molecule has 1 aromatic carbocycles. The van der Waals surface area contributed by atoms with Crippen molar-refractivity contribution in [1.82, 2.24) is 4.90 Å². The second-order valence-corrected chi connectivity index (χ2v) is 6.81. The highest BCUT2D eigenvalue weighted by Crippen LogP contribution is 2.28. The van der Waals surface area contributed by atoms with E-state index in [1.54, 1.807) is 24.3 Å². The molecule has 1 aromatic rings. The van der Waals surface area contributed by atoms with Gasteiger partial charge in [0.05, 0.1) is 28.7 Å². The molecule has 5 nitrogen and oxygen atoms in total. The third-order valence-electron chi connectivity index (χ3n) is 3.40. The topological polar surface area (TPSA) is 71.5 Å². The molecule has 2 amide bonds. The van der Waals surface area contributed by atoms with Crippen LogP contribution >= 0.6 is 0 Å². The summed E-state index contributed by atoms with van der Waals surface area (Å²) in [4.78, 5) is 25.3. The molecule has 0 bridgehead atoms. The first-order chi connectivity index (χ1) is 8.49. The van der Waals surface area contributed by atoms with Gasteiger partial charge in [-0.3, -0.25) is 14.5 Å². The van der Waals surface area contributed by atoms with E-state index in [4.69, 9.17) is 0 Å². The molecule has 0 spiro atoms. The van der Waals surface area contributed by atoms with Crippen LogP contribution in [0.2, 0.25) is 0 Å². The van der Waals surface area contributed by atoms with Gasteiger partial charge in [-0.05, 0) is 18.6 Å². The van der Waals surface area contributed by atoms with Crippen molar-refractivity contribution in [2.75, 3.05) is 11.5 Å². The standard InChI is InChI=1S/C12H11NO4S/c14-11-9-3-1-2-4-10(9)12(15)13(11)8-5-6-18(16,17)7-8/h1-4,8H,5-7H2/t8-/m1/s1. The van der Waals surface area contributed by atoms with E-state index in [1.165, 1.54) is 0 Å². The molecule has 1 atom stereocenters. The summed E-state index contributed by atoms with van der Waals surface area (Å²) in [6, 6.07) is 6.07. The molecule has 0 saturated carbocycles. The monoisotopic (exact) mass is 265 g/mol. The van der Waals surface area contributed by atoms with E-state index in [-0.39, 0.29) is 23.3 Å². The van der Waals surface area contributed by atoms with Crippen molar-refractivity contribution in [3.63, 3.8) is 0 Å².